The molecule has 0 aliphatic heterocycles. The Morgan fingerprint density at radius 1 is 0.395 bits per heavy atom. The van der Waals surface area contributed by atoms with Gasteiger partial charge in [-0.2, -0.15) is 0 Å². The van der Waals surface area contributed by atoms with Gasteiger partial charge in [-0.05, 0) is 69.7 Å². The van der Waals surface area contributed by atoms with E-state index in [1.807, 2.05) is 78.9 Å². The maximum absolute atomic E-state index is 13.0. The van der Waals surface area contributed by atoms with E-state index >= 15 is 0 Å². The lowest BCUT2D eigenvalue weighted by Gasteiger charge is -2.38. The van der Waals surface area contributed by atoms with Gasteiger partial charge in [0.2, 0.25) is 0 Å². The van der Waals surface area contributed by atoms with E-state index in [1.54, 1.807) is 0 Å². The molecule has 0 N–H and O–H groups in total. The minimum atomic E-state index is -6.00. The van der Waals surface area contributed by atoms with Crippen LogP contribution in [0.5, 0.6) is 0 Å². The predicted molar refractivity (Wildman–Crippen MR) is 337 cm³/mol. The molecule has 12 heteroatoms. The zero-order valence-corrected chi connectivity index (χ0v) is 49.8. The molecule has 8 aromatic rings. The highest BCUT2D eigenvalue weighted by Gasteiger charge is 2.32. The van der Waals surface area contributed by atoms with Crippen LogP contribution < -0.4 is 16.4 Å². The first kappa shape index (κ1) is 67.0. The number of furan rings is 2. The number of para-hydroxylation sites is 2. The maximum Gasteiger partial charge on any atom is 0.673 e. The molecule has 0 aliphatic rings. The van der Waals surface area contributed by atoms with E-state index in [4.69, 9.17) is 8.83 Å². The number of rotatable bonds is 27. The number of carbonyl (C=O) groups excluding carboxylic acids is 2. The molecule has 2 heterocycles. The van der Waals surface area contributed by atoms with Crippen molar-refractivity contribution in [1.29, 1.82) is 0 Å². The normalized spacial score (nSPS) is 11.4. The van der Waals surface area contributed by atoms with Gasteiger partial charge in [0.1, 0.15) is 24.3 Å². The lowest BCUT2D eigenvalue weighted by Crippen LogP contribution is -2.53. The third-order valence-electron chi connectivity index (χ3n) is 15.0. The van der Waals surface area contributed by atoms with Gasteiger partial charge in [-0.3, -0.25) is 9.59 Å². The topological polar surface area (TPSA) is 60.4 Å². The molecular weight excluding hydrogens is 1020 g/mol. The SMILES string of the molecule is CCCC[N+](CCCC)(CCCC)CC(=O)c1cc2ccccc2o1.CCCC[N+](CCCC)(CCCC)CC(=O)c1cc2ccccc2o1.Cc1ccccc1.F[B-](F)(F)F.c1ccc([BH-](c2ccccc2)c2ccccc2)cc1. The number of carbonyl (C=O) groups is 2. The molecule has 8 rings (SSSR count). The van der Waals surface area contributed by atoms with Crippen LogP contribution in [0.3, 0.4) is 0 Å². The van der Waals surface area contributed by atoms with Crippen molar-refractivity contribution in [3.05, 3.63) is 199 Å². The number of Topliss-reactive ketones (excluding diaryl/α,β-unsaturated/α-hetero) is 2. The number of aryl methyl sites for hydroxylation is 1. The fourth-order valence-corrected chi connectivity index (χ4v) is 10.5. The Kier molecular flexibility index (Phi) is 30.4. The molecule has 0 saturated heterocycles. The van der Waals surface area contributed by atoms with Gasteiger partial charge in [-0.1, -0.05) is 243 Å². The third-order valence-corrected chi connectivity index (χ3v) is 15.0. The number of quaternary nitrogens is 2. The molecule has 0 bridgehead atoms. The minimum absolute atomic E-state index is 0.152. The fourth-order valence-electron chi connectivity index (χ4n) is 10.5. The molecule has 0 aliphatic carbocycles. The van der Waals surface area contributed by atoms with Gasteiger partial charge in [-0.15, -0.1) is 0 Å². The summed E-state index contributed by atoms with van der Waals surface area (Å²) >= 11 is 0. The van der Waals surface area contributed by atoms with E-state index in [-0.39, 0.29) is 11.6 Å². The summed E-state index contributed by atoms with van der Waals surface area (Å²) in [5, 5.41) is 2.03. The zero-order chi connectivity index (χ0) is 58.8. The Hall–Kier alpha value is -6.49. The predicted octanol–water partition coefficient (Wildman–Crippen LogP) is 16.9. The average Bonchev–Trinajstić information content (AvgIpc) is 4.29. The second kappa shape index (κ2) is 36.8. The van der Waals surface area contributed by atoms with Gasteiger partial charge in [0.05, 0.1) is 46.0 Å². The van der Waals surface area contributed by atoms with E-state index in [9.17, 15) is 26.9 Å². The van der Waals surface area contributed by atoms with Gasteiger partial charge in [0, 0.05) is 10.8 Å². The number of benzene rings is 6. The van der Waals surface area contributed by atoms with Crippen molar-refractivity contribution in [2.75, 3.05) is 52.4 Å². The van der Waals surface area contributed by atoms with Crippen LogP contribution in [0.2, 0.25) is 0 Å². The summed E-state index contributed by atoms with van der Waals surface area (Å²) in [6, 6.07) is 62.2. The van der Waals surface area contributed by atoms with Crippen LogP contribution in [0.4, 0.5) is 17.3 Å². The van der Waals surface area contributed by atoms with E-state index in [0.29, 0.717) is 24.6 Å². The number of unbranched alkanes of at least 4 members (excludes halogenated alkanes) is 6. The Morgan fingerprint density at radius 2 is 0.642 bits per heavy atom. The van der Waals surface area contributed by atoms with Crippen molar-refractivity contribution in [3.8, 4) is 0 Å². The summed E-state index contributed by atoms with van der Waals surface area (Å²) in [4.78, 5) is 26.0. The highest BCUT2D eigenvalue weighted by molar-refractivity contribution is 6.95. The summed E-state index contributed by atoms with van der Waals surface area (Å²) in [5.41, 5.74) is 7.18. The number of nitrogens with zero attached hydrogens (tertiary/aromatic N) is 2. The van der Waals surface area contributed by atoms with E-state index < -0.39 is 14.0 Å². The maximum atomic E-state index is 13.0. The number of halogens is 4. The first-order chi connectivity index (χ1) is 39.1. The lowest BCUT2D eigenvalue weighted by atomic mass is 9.37. The Bertz CT molecular complexity index is 2610. The summed E-state index contributed by atoms with van der Waals surface area (Å²) in [6.45, 7) is 22.5. The molecule has 0 saturated carbocycles. The molecule has 6 nitrogen and oxygen atoms in total. The third kappa shape index (κ3) is 24.6. The number of hydrogen-bond acceptors (Lipinski definition) is 4. The van der Waals surface area contributed by atoms with Crippen molar-refractivity contribution < 1.29 is 44.7 Å². The molecule has 81 heavy (non-hydrogen) atoms. The van der Waals surface area contributed by atoms with Gasteiger partial charge < -0.3 is 35.1 Å². The van der Waals surface area contributed by atoms with Gasteiger partial charge in [0.25, 0.3) is 11.6 Å². The fraction of sp³-hybridized carbons (Fsp3) is 0.391. The van der Waals surface area contributed by atoms with Crippen molar-refractivity contribution in [2.45, 2.75) is 126 Å². The number of ketones is 2. The molecule has 0 amide bonds. The summed E-state index contributed by atoms with van der Waals surface area (Å²) in [7, 11) is -6.00. The van der Waals surface area contributed by atoms with E-state index in [2.05, 4.69) is 152 Å². The Labute approximate surface area is 483 Å². The second-order valence-electron chi connectivity index (χ2n) is 21.7. The molecule has 0 atom stereocenters. The van der Waals surface area contributed by atoms with Crippen LogP contribution in [0, 0.1) is 6.92 Å². The molecule has 0 radical (unpaired) electrons. The number of hydrogen-bond donors (Lipinski definition) is 0. The van der Waals surface area contributed by atoms with Crippen molar-refractivity contribution in [1.82, 2.24) is 0 Å². The van der Waals surface area contributed by atoms with Crippen LogP contribution in [-0.4, -0.2) is 86.9 Å². The van der Waals surface area contributed by atoms with Crippen LogP contribution in [-0.2, 0) is 0 Å². The van der Waals surface area contributed by atoms with Gasteiger partial charge in [-0.25, -0.2) is 16.4 Å². The molecule has 6 aromatic carbocycles. The number of fused-ring (bicyclic) bond motifs is 2. The van der Waals surface area contributed by atoms with Crippen molar-refractivity contribution >= 4 is 63.9 Å². The highest BCUT2D eigenvalue weighted by Crippen LogP contribution is 2.24. The molecule has 2 aromatic heterocycles. The molecular formula is C69H92B2F4N2O4. The zero-order valence-electron chi connectivity index (χ0n) is 49.8. The molecule has 0 spiro atoms. The van der Waals surface area contributed by atoms with Crippen LogP contribution >= 0.6 is 0 Å². The van der Waals surface area contributed by atoms with Crippen LogP contribution in [0.15, 0.2) is 191 Å². The summed E-state index contributed by atoms with van der Waals surface area (Å²) < 4.78 is 52.5. The van der Waals surface area contributed by atoms with Gasteiger partial charge in [0.15, 0.2) is 11.5 Å². The Morgan fingerprint density at radius 3 is 0.877 bits per heavy atom. The smallest absolute Gasteiger partial charge is 0.453 e. The molecule has 0 fully saturated rings. The standard InChI is InChI=1S/2C22H34NO2.C18H16B.C7H8.BF4/c2*1-4-7-14-23(15-8-5-2,16-9-6-3)18-20(24)22-17-19-12-10-11-13-21(19)25-22;1-4-10-16(11-5-1)19(17-12-6-2-7-13-17)18-14-8-3-9-15-18;1-7-5-3-2-4-6-7;2-1(3,4)5/h2*10-13,17H,4-9,14-16,18H2,1-3H3;1-15,19H;2-6H,1H3;/q2*+1;-1;;-1. The average molecular weight is 1110 g/mol. The van der Waals surface area contributed by atoms with Crippen LogP contribution in [0.25, 0.3) is 21.9 Å². The molecule has 436 valence electrons. The lowest BCUT2D eigenvalue weighted by molar-refractivity contribution is -0.921. The largest absolute Gasteiger partial charge is 0.673 e. The summed E-state index contributed by atoms with van der Waals surface area (Å²) in [5.74, 6) is 1.35. The highest BCUT2D eigenvalue weighted by atomic mass is 19.5. The summed E-state index contributed by atoms with van der Waals surface area (Å²) in [6.07, 6.45) is 14.2. The second-order valence-corrected chi connectivity index (χ2v) is 21.7. The van der Waals surface area contributed by atoms with Crippen molar-refractivity contribution in [2.24, 2.45) is 0 Å². The minimum Gasteiger partial charge on any atom is -0.453 e. The van der Waals surface area contributed by atoms with Crippen molar-refractivity contribution in [3.63, 3.8) is 0 Å². The quantitative estimate of drug-likeness (QED) is 0.0223. The van der Waals surface area contributed by atoms with Gasteiger partial charge >= 0.3 is 7.25 Å². The van der Waals surface area contributed by atoms with E-state index in [0.717, 1.165) is 70.2 Å². The molecule has 0 unspecified atom stereocenters. The first-order valence-corrected chi connectivity index (χ1v) is 30.1. The van der Waals surface area contributed by atoms with E-state index in [1.165, 1.54) is 99.0 Å². The first-order valence-electron chi connectivity index (χ1n) is 30.1. The monoisotopic (exact) mass is 1110 g/mol. The van der Waals surface area contributed by atoms with Crippen LogP contribution in [0.1, 0.15) is 145 Å². The Balaban J connectivity index is 0.000000238.